The molecule has 1 aromatic rings. The number of imidazole rings is 1. The van der Waals surface area contributed by atoms with E-state index in [0.29, 0.717) is 19.6 Å². The molecule has 7 nitrogen and oxygen atoms in total. The lowest BCUT2D eigenvalue weighted by molar-refractivity contribution is 0.123. The SMILES string of the molecule is Cn1cnc(N)c1S(=O)(=O)NCCCOCC1CC1. The first-order valence-electron chi connectivity index (χ1n) is 6.35. The van der Waals surface area contributed by atoms with E-state index in [4.69, 9.17) is 10.5 Å². The zero-order valence-electron chi connectivity index (χ0n) is 11.0. The van der Waals surface area contributed by atoms with Gasteiger partial charge in [0.1, 0.15) is 0 Å². The summed E-state index contributed by atoms with van der Waals surface area (Å²) in [5.41, 5.74) is 5.54. The number of aryl methyl sites for hydroxylation is 1. The number of rotatable bonds is 8. The summed E-state index contributed by atoms with van der Waals surface area (Å²) in [4.78, 5) is 3.76. The third-order valence-electron chi connectivity index (χ3n) is 2.97. The van der Waals surface area contributed by atoms with Crippen molar-refractivity contribution >= 4 is 15.8 Å². The summed E-state index contributed by atoms with van der Waals surface area (Å²) in [5.74, 6) is 0.742. The minimum absolute atomic E-state index is 0.00592. The van der Waals surface area contributed by atoms with Gasteiger partial charge in [-0.05, 0) is 25.2 Å². The highest BCUT2D eigenvalue weighted by atomic mass is 32.2. The molecule has 2 rings (SSSR count). The van der Waals surface area contributed by atoms with E-state index in [0.717, 1.165) is 12.5 Å². The Kier molecular flexibility index (Phi) is 4.43. The Hall–Kier alpha value is -1.12. The summed E-state index contributed by atoms with van der Waals surface area (Å²) in [6.45, 7) is 1.69. The molecule has 3 N–H and O–H groups in total. The molecule has 0 atom stereocenters. The summed E-state index contributed by atoms with van der Waals surface area (Å²) in [6, 6.07) is 0. The largest absolute Gasteiger partial charge is 0.381 e. The molecule has 1 aromatic heterocycles. The molecule has 108 valence electrons. The molecule has 0 unspecified atom stereocenters. The van der Waals surface area contributed by atoms with Crippen molar-refractivity contribution in [2.24, 2.45) is 13.0 Å². The standard InChI is InChI=1S/C11H20N4O3S/c1-15-8-13-10(12)11(15)19(16,17)14-5-2-6-18-7-9-3-4-9/h8-9,14H,2-7,12H2,1H3. The topological polar surface area (TPSA) is 99.2 Å². The number of nitrogens with two attached hydrogens (primary N) is 1. The van der Waals surface area contributed by atoms with Crippen molar-refractivity contribution in [3.8, 4) is 0 Å². The summed E-state index contributed by atoms with van der Waals surface area (Å²) in [7, 11) is -2.01. The van der Waals surface area contributed by atoms with Crippen LogP contribution in [0.2, 0.25) is 0 Å². The first kappa shape index (κ1) is 14.3. The number of aromatic nitrogens is 2. The molecular weight excluding hydrogens is 268 g/mol. The Morgan fingerprint density at radius 1 is 1.58 bits per heavy atom. The minimum atomic E-state index is -3.60. The van der Waals surface area contributed by atoms with Crippen LogP contribution in [0.3, 0.4) is 0 Å². The van der Waals surface area contributed by atoms with Crippen LogP contribution in [0.1, 0.15) is 19.3 Å². The maximum Gasteiger partial charge on any atom is 0.260 e. The van der Waals surface area contributed by atoms with Crippen molar-refractivity contribution in [3.63, 3.8) is 0 Å². The van der Waals surface area contributed by atoms with Crippen molar-refractivity contribution in [1.29, 1.82) is 0 Å². The number of ether oxygens (including phenoxy) is 1. The number of anilines is 1. The molecule has 0 amide bonds. The van der Waals surface area contributed by atoms with Gasteiger partial charge >= 0.3 is 0 Å². The molecule has 1 saturated carbocycles. The van der Waals surface area contributed by atoms with Crippen LogP contribution >= 0.6 is 0 Å². The van der Waals surface area contributed by atoms with Crippen LogP contribution < -0.4 is 10.5 Å². The average molecular weight is 288 g/mol. The molecule has 0 saturated heterocycles. The Morgan fingerprint density at radius 2 is 2.32 bits per heavy atom. The smallest absolute Gasteiger partial charge is 0.260 e. The average Bonchev–Trinajstić information content (AvgIpc) is 3.09. The fourth-order valence-corrected chi connectivity index (χ4v) is 3.05. The zero-order chi connectivity index (χ0) is 13.9. The fourth-order valence-electron chi connectivity index (χ4n) is 1.75. The van der Waals surface area contributed by atoms with Crippen LogP contribution in [-0.4, -0.2) is 37.7 Å². The molecule has 1 heterocycles. The molecular formula is C11H20N4O3S. The molecule has 0 bridgehead atoms. The quantitative estimate of drug-likeness (QED) is 0.661. The van der Waals surface area contributed by atoms with Gasteiger partial charge in [-0.15, -0.1) is 0 Å². The lowest BCUT2D eigenvalue weighted by atomic mass is 10.4. The summed E-state index contributed by atoms with van der Waals surface area (Å²) < 4.78 is 33.3. The normalized spacial score (nSPS) is 15.8. The van der Waals surface area contributed by atoms with E-state index in [2.05, 4.69) is 9.71 Å². The maximum absolute atomic E-state index is 12.0. The van der Waals surface area contributed by atoms with E-state index >= 15 is 0 Å². The first-order valence-corrected chi connectivity index (χ1v) is 7.83. The van der Waals surface area contributed by atoms with Gasteiger partial charge in [0.25, 0.3) is 10.0 Å². The number of hydrogen-bond donors (Lipinski definition) is 2. The molecule has 1 aliphatic carbocycles. The van der Waals surface area contributed by atoms with Crippen molar-refractivity contribution in [3.05, 3.63) is 6.33 Å². The van der Waals surface area contributed by atoms with Gasteiger partial charge in [-0.25, -0.2) is 18.1 Å². The summed E-state index contributed by atoms with van der Waals surface area (Å²) in [5, 5.41) is 0.00592. The Bertz CT molecular complexity index is 503. The number of nitrogen functional groups attached to an aromatic ring is 1. The predicted molar refractivity (Wildman–Crippen MR) is 71.0 cm³/mol. The van der Waals surface area contributed by atoms with Crippen LogP contribution in [0.25, 0.3) is 0 Å². The fraction of sp³-hybridized carbons (Fsp3) is 0.727. The molecule has 0 spiro atoms. The highest BCUT2D eigenvalue weighted by Gasteiger charge is 2.22. The molecule has 1 aliphatic rings. The van der Waals surface area contributed by atoms with Crippen LogP contribution in [0.15, 0.2) is 11.4 Å². The van der Waals surface area contributed by atoms with Crippen molar-refractivity contribution in [2.75, 3.05) is 25.5 Å². The monoisotopic (exact) mass is 288 g/mol. The van der Waals surface area contributed by atoms with Crippen molar-refractivity contribution in [1.82, 2.24) is 14.3 Å². The van der Waals surface area contributed by atoms with E-state index in [1.165, 1.54) is 23.7 Å². The van der Waals surface area contributed by atoms with Crippen LogP contribution in [0, 0.1) is 5.92 Å². The van der Waals surface area contributed by atoms with Gasteiger partial charge in [0.2, 0.25) is 0 Å². The molecule has 1 fully saturated rings. The van der Waals surface area contributed by atoms with Gasteiger partial charge in [-0.3, -0.25) is 0 Å². The molecule has 0 aromatic carbocycles. The van der Waals surface area contributed by atoms with Gasteiger partial charge in [0.15, 0.2) is 10.8 Å². The Labute approximate surface area is 113 Å². The highest BCUT2D eigenvalue weighted by molar-refractivity contribution is 7.89. The number of nitrogens with one attached hydrogen (secondary N) is 1. The van der Waals surface area contributed by atoms with E-state index in [1.807, 2.05) is 0 Å². The number of nitrogens with zero attached hydrogens (tertiary/aromatic N) is 2. The third-order valence-corrected chi connectivity index (χ3v) is 4.56. The Balaban J connectivity index is 1.74. The van der Waals surface area contributed by atoms with E-state index < -0.39 is 10.0 Å². The van der Waals surface area contributed by atoms with Crippen LogP contribution in [0.5, 0.6) is 0 Å². The molecule has 0 aliphatic heterocycles. The van der Waals surface area contributed by atoms with E-state index in [-0.39, 0.29) is 10.8 Å². The number of hydrogen-bond acceptors (Lipinski definition) is 5. The second-order valence-electron chi connectivity index (χ2n) is 4.82. The minimum Gasteiger partial charge on any atom is -0.381 e. The zero-order valence-corrected chi connectivity index (χ0v) is 11.8. The van der Waals surface area contributed by atoms with Gasteiger partial charge in [0, 0.05) is 26.8 Å². The van der Waals surface area contributed by atoms with Crippen LogP contribution in [-0.2, 0) is 21.8 Å². The Morgan fingerprint density at radius 3 is 2.89 bits per heavy atom. The van der Waals surface area contributed by atoms with Gasteiger partial charge < -0.3 is 15.0 Å². The van der Waals surface area contributed by atoms with E-state index in [1.54, 1.807) is 7.05 Å². The molecule has 8 heteroatoms. The molecule has 0 radical (unpaired) electrons. The first-order chi connectivity index (χ1) is 9.00. The van der Waals surface area contributed by atoms with Crippen LogP contribution in [0.4, 0.5) is 5.82 Å². The highest BCUT2D eigenvalue weighted by Crippen LogP contribution is 2.28. The summed E-state index contributed by atoms with van der Waals surface area (Å²) in [6.07, 6.45) is 4.53. The second-order valence-corrected chi connectivity index (χ2v) is 6.50. The van der Waals surface area contributed by atoms with Gasteiger partial charge in [-0.1, -0.05) is 0 Å². The van der Waals surface area contributed by atoms with Crippen molar-refractivity contribution in [2.45, 2.75) is 24.3 Å². The second kappa shape index (κ2) is 5.89. The number of sulfonamides is 1. The third kappa shape index (κ3) is 3.92. The van der Waals surface area contributed by atoms with E-state index in [9.17, 15) is 8.42 Å². The lowest BCUT2D eigenvalue weighted by Crippen LogP contribution is -2.28. The van der Waals surface area contributed by atoms with Gasteiger partial charge in [-0.2, -0.15) is 0 Å². The van der Waals surface area contributed by atoms with Gasteiger partial charge in [0.05, 0.1) is 6.33 Å². The molecule has 19 heavy (non-hydrogen) atoms. The maximum atomic E-state index is 12.0. The lowest BCUT2D eigenvalue weighted by Gasteiger charge is -2.08. The van der Waals surface area contributed by atoms with Crippen molar-refractivity contribution < 1.29 is 13.2 Å². The predicted octanol–water partition coefficient (Wildman–Crippen LogP) is 0.0973. The summed E-state index contributed by atoms with van der Waals surface area (Å²) >= 11 is 0.